The van der Waals surface area contributed by atoms with Crippen molar-refractivity contribution < 1.29 is 4.39 Å². The van der Waals surface area contributed by atoms with Crippen molar-refractivity contribution in [1.29, 1.82) is 5.26 Å². The SMILES string of the molecule is C/C(C#N)=C\C(F)=C/Cc1cnc(C)[nH]1. The Balaban J connectivity index is 2.63. The smallest absolute Gasteiger partial charge is 0.120 e. The van der Waals surface area contributed by atoms with E-state index in [9.17, 15) is 4.39 Å². The molecule has 0 unspecified atom stereocenters. The highest BCUT2D eigenvalue weighted by Crippen LogP contribution is 2.06. The predicted octanol–water partition coefficient (Wildman–Crippen LogP) is 2.58. The van der Waals surface area contributed by atoms with Crippen LogP contribution < -0.4 is 0 Å². The third-order valence-electron chi connectivity index (χ3n) is 1.80. The molecule has 3 nitrogen and oxygen atoms in total. The zero-order chi connectivity index (χ0) is 11.3. The van der Waals surface area contributed by atoms with E-state index in [1.165, 1.54) is 12.2 Å². The summed E-state index contributed by atoms with van der Waals surface area (Å²) in [5.74, 6) is 0.406. The number of nitrogens with zero attached hydrogens (tertiary/aromatic N) is 2. The van der Waals surface area contributed by atoms with Crippen LogP contribution in [0.1, 0.15) is 18.4 Å². The van der Waals surface area contributed by atoms with Gasteiger partial charge in [0.25, 0.3) is 0 Å². The summed E-state index contributed by atoms with van der Waals surface area (Å²) in [5.41, 5.74) is 1.20. The Labute approximate surface area is 88.0 Å². The largest absolute Gasteiger partial charge is 0.346 e. The fourth-order valence-corrected chi connectivity index (χ4v) is 1.08. The number of rotatable bonds is 3. The van der Waals surface area contributed by atoms with Crippen LogP contribution in [0.15, 0.2) is 29.7 Å². The second kappa shape index (κ2) is 5.11. The van der Waals surface area contributed by atoms with E-state index in [1.54, 1.807) is 13.1 Å². The first-order chi connectivity index (χ1) is 7.11. The van der Waals surface area contributed by atoms with Gasteiger partial charge in [0.1, 0.15) is 11.7 Å². The summed E-state index contributed by atoms with van der Waals surface area (Å²) in [5, 5.41) is 8.44. The van der Waals surface area contributed by atoms with Crippen LogP contribution in [0.25, 0.3) is 0 Å². The quantitative estimate of drug-likeness (QED) is 0.609. The first kappa shape index (κ1) is 11.2. The molecule has 1 aromatic heterocycles. The van der Waals surface area contributed by atoms with E-state index in [1.807, 2.05) is 13.0 Å². The zero-order valence-corrected chi connectivity index (χ0v) is 8.71. The summed E-state index contributed by atoms with van der Waals surface area (Å²) in [6, 6.07) is 1.86. The Bertz CT molecular complexity index is 435. The molecule has 0 aromatic carbocycles. The minimum absolute atomic E-state index is 0.351. The lowest BCUT2D eigenvalue weighted by Crippen LogP contribution is -1.82. The Kier molecular flexibility index (Phi) is 3.81. The fraction of sp³-hybridized carbons (Fsp3) is 0.273. The van der Waals surface area contributed by atoms with Crippen LogP contribution in [0, 0.1) is 18.3 Å². The summed E-state index contributed by atoms with van der Waals surface area (Å²) in [6.45, 7) is 3.40. The summed E-state index contributed by atoms with van der Waals surface area (Å²) < 4.78 is 13.1. The number of nitrogens with one attached hydrogen (secondary N) is 1. The third kappa shape index (κ3) is 3.77. The number of hydrogen-bond acceptors (Lipinski definition) is 2. The molecule has 0 spiro atoms. The van der Waals surface area contributed by atoms with Gasteiger partial charge in [-0.25, -0.2) is 9.37 Å². The molecular weight excluding hydrogens is 193 g/mol. The van der Waals surface area contributed by atoms with Crippen molar-refractivity contribution in [2.75, 3.05) is 0 Å². The summed E-state index contributed by atoms with van der Waals surface area (Å²) in [4.78, 5) is 6.99. The molecule has 4 heteroatoms. The fourth-order valence-electron chi connectivity index (χ4n) is 1.08. The van der Waals surface area contributed by atoms with E-state index in [0.29, 0.717) is 12.0 Å². The lowest BCUT2D eigenvalue weighted by atomic mass is 10.2. The van der Waals surface area contributed by atoms with Crippen molar-refractivity contribution in [1.82, 2.24) is 9.97 Å². The lowest BCUT2D eigenvalue weighted by Gasteiger charge is -1.90. The maximum Gasteiger partial charge on any atom is 0.120 e. The highest BCUT2D eigenvalue weighted by Gasteiger charge is 1.96. The van der Waals surface area contributed by atoms with Gasteiger partial charge in [-0.3, -0.25) is 0 Å². The van der Waals surface area contributed by atoms with Gasteiger partial charge in [-0.2, -0.15) is 5.26 Å². The summed E-state index contributed by atoms with van der Waals surface area (Å²) in [6.07, 6.45) is 4.73. The number of imidazole rings is 1. The van der Waals surface area contributed by atoms with E-state index < -0.39 is 5.83 Å². The second-order valence-electron chi connectivity index (χ2n) is 3.23. The molecule has 1 heterocycles. The molecule has 0 saturated heterocycles. The Morgan fingerprint density at radius 2 is 2.47 bits per heavy atom. The standard InChI is InChI=1S/C11H12FN3/c1-8(6-13)5-10(12)3-4-11-7-14-9(2)15-11/h3,5,7H,4H2,1-2H3,(H,14,15)/b8-5+,10-3+. The van der Waals surface area contributed by atoms with Gasteiger partial charge in [-0.1, -0.05) is 0 Å². The third-order valence-corrected chi connectivity index (χ3v) is 1.80. The van der Waals surface area contributed by atoms with E-state index in [0.717, 1.165) is 11.5 Å². The molecule has 0 aliphatic rings. The van der Waals surface area contributed by atoms with Gasteiger partial charge in [0.05, 0.1) is 6.07 Å². The first-order valence-electron chi connectivity index (χ1n) is 4.56. The monoisotopic (exact) mass is 205 g/mol. The normalized spacial score (nSPS) is 12.7. The number of aromatic amines is 1. The van der Waals surface area contributed by atoms with Gasteiger partial charge >= 0.3 is 0 Å². The number of allylic oxidation sites excluding steroid dienone is 4. The van der Waals surface area contributed by atoms with Crippen molar-refractivity contribution in [2.45, 2.75) is 20.3 Å². The molecule has 0 aliphatic carbocycles. The van der Waals surface area contributed by atoms with Gasteiger partial charge in [0, 0.05) is 23.9 Å². The molecule has 0 radical (unpaired) electrons. The molecular formula is C11H12FN3. The van der Waals surface area contributed by atoms with E-state index in [2.05, 4.69) is 9.97 Å². The minimum Gasteiger partial charge on any atom is -0.346 e. The number of aryl methyl sites for hydroxylation is 1. The first-order valence-corrected chi connectivity index (χ1v) is 4.56. The molecule has 1 aromatic rings. The van der Waals surface area contributed by atoms with E-state index >= 15 is 0 Å². The number of hydrogen-bond donors (Lipinski definition) is 1. The molecule has 1 rings (SSSR count). The lowest BCUT2D eigenvalue weighted by molar-refractivity contribution is 0.660. The van der Waals surface area contributed by atoms with Crippen LogP contribution in [0.3, 0.4) is 0 Å². The van der Waals surface area contributed by atoms with Crippen molar-refractivity contribution >= 4 is 0 Å². The van der Waals surface area contributed by atoms with Crippen LogP contribution in [0.5, 0.6) is 0 Å². The van der Waals surface area contributed by atoms with Crippen LogP contribution in [-0.2, 0) is 6.42 Å². The molecule has 0 fully saturated rings. The maximum atomic E-state index is 13.1. The van der Waals surface area contributed by atoms with Gasteiger partial charge in [-0.15, -0.1) is 0 Å². The van der Waals surface area contributed by atoms with Crippen molar-refractivity contribution in [3.8, 4) is 6.07 Å². The van der Waals surface area contributed by atoms with Crippen molar-refractivity contribution in [3.05, 3.63) is 41.3 Å². The number of aromatic nitrogens is 2. The van der Waals surface area contributed by atoms with Crippen molar-refractivity contribution in [3.63, 3.8) is 0 Å². The second-order valence-corrected chi connectivity index (χ2v) is 3.23. The Morgan fingerprint density at radius 3 is 3.00 bits per heavy atom. The van der Waals surface area contributed by atoms with Crippen LogP contribution in [-0.4, -0.2) is 9.97 Å². The Hall–Kier alpha value is -1.89. The van der Waals surface area contributed by atoms with Crippen molar-refractivity contribution in [2.24, 2.45) is 0 Å². The molecule has 15 heavy (non-hydrogen) atoms. The highest BCUT2D eigenvalue weighted by atomic mass is 19.1. The van der Waals surface area contributed by atoms with Crippen LogP contribution >= 0.6 is 0 Å². The zero-order valence-electron chi connectivity index (χ0n) is 8.71. The highest BCUT2D eigenvalue weighted by molar-refractivity contribution is 5.27. The van der Waals surface area contributed by atoms with Gasteiger partial charge < -0.3 is 4.98 Å². The molecule has 0 saturated carbocycles. The molecule has 1 N–H and O–H groups in total. The van der Waals surface area contributed by atoms with Crippen LogP contribution in [0.4, 0.5) is 4.39 Å². The topological polar surface area (TPSA) is 52.5 Å². The van der Waals surface area contributed by atoms with Gasteiger partial charge in [-0.05, 0) is 26.0 Å². The molecule has 78 valence electrons. The maximum absolute atomic E-state index is 13.1. The van der Waals surface area contributed by atoms with Crippen LogP contribution in [0.2, 0.25) is 0 Å². The number of H-pyrrole nitrogens is 1. The average Bonchev–Trinajstić information content (AvgIpc) is 2.61. The number of nitriles is 1. The van der Waals surface area contributed by atoms with Gasteiger partial charge in [0.15, 0.2) is 0 Å². The van der Waals surface area contributed by atoms with Gasteiger partial charge in [0.2, 0.25) is 0 Å². The van der Waals surface area contributed by atoms with E-state index in [4.69, 9.17) is 5.26 Å². The molecule has 0 bridgehead atoms. The summed E-state index contributed by atoms with van der Waals surface area (Å²) in [7, 11) is 0. The summed E-state index contributed by atoms with van der Waals surface area (Å²) >= 11 is 0. The minimum atomic E-state index is -0.402. The predicted molar refractivity (Wildman–Crippen MR) is 55.6 cm³/mol. The average molecular weight is 205 g/mol. The molecule has 0 amide bonds. The molecule has 0 aliphatic heterocycles. The Morgan fingerprint density at radius 1 is 1.73 bits per heavy atom. The van der Waals surface area contributed by atoms with E-state index in [-0.39, 0.29) is 0 Å². The number of halogens is 1. The molecule has 0 atom stereocenters.